The van der Waals surface area contributed by atoms with E-state index in [0.29, 0.717) is 12.3 Å². The second-order valence-electron chi connectivity index (χ2n) is 6.64. The molecule has 1 heterocycles. The number of amides is 1. The van der Waals surface area contributed by atoms with Crippen molar-refractivity contribution in [2.45, 2.75) is 58.3 Å². The minimum atomic E-state index is -0.336. The molecule has 1 aliphatic rings. The van der Waals surface area contributed by atoms with Gasteiger partial charge in [-0.05, 0) is 50.4 Å². The second kappa shape index (κ2) is 11.1. The van der Waals surface area contributed by atoms with Crippen molar-refractivity contribution < 1.29 is 9.53 Å². The summed E-state index contributed by atoms with van der Waals surface area (Å²) < 4.78 is 5.52. The van der Waals surface area contributed by atoms with E-state index in [0.717, 1.165) is 31.4 Å². The Morgan fingerprint density at radius 3 is 2.71 bits per heavy atom. The van der Waals surface area contributed by atoms with Crippen LogP contribution in [0.2, 0.25) is 0 Å². The van der Waals surface area contributed by atoms with Gasteiger partial charge >= 0.3 is 6.09 Å². The molecular formula is C20H32N2O2. The van der Waals surface area contributed by atoms with Gasteiger partial charge in [-0.1, -0.05) is 50.8 Å². The highest BCUT2D eigenvalue weighted by Gasteiger charge is 2.12. The monoisotopic (exact) mass is 332 g/mol. The molecule has 1 aromatic rings. The summed E-state index contributed by atoms with van der Waals surface area (Å²) >= 11 is 0. The number of para-hydroxylation sites is 1. The summed E-state index contributed by atoms with van der Waals surface area (Å²) in [6.07, 6.45) is 9.15. The third-order valence-corrected chi connectivity index (χ3v) is 4.62. The van der Waals surface area contributed by atoms with Gasteiger partial charge < -0.3 is 15.0 Å². The van der Waals surface area contributed by atoms with Crippen LogP contribution in [0, 0.1) is 0 Å². The lowest BCUT2D eigenvalue weighted by atomic mass is 10.1. The van der Waals surface area contributed by atoms with Crippen LogP contribution in [0.15, 0.2) is 24.3 Å². The van der Waals surface area contributed by atoms with E-state index in [4.69, 9.17) is 4.74 Å². The van der Waals surface area contributed by atoms with Crippen molar-refractivity contribution in [3.63, 3.8) is 0 Å². The van der Waals surface area contributed by atoms with E-state index < -0.39 is 0 Å². The SMILES string of the molecule is CCCCCCNC(=O)Oc1ccccc1CCN1CCCCC1. The highest BCUT2D eigenvalue weighted by Crippen LogP contribution is 2.20. The molecule has 1 aromatic carbocycles. The van der Waals surface area contributed by atoms with Gasteiger partial charge in [-0.2, -0.15) is 0 Å². The van der Waals surface area contributed by atoms with Crippen LogP contribution < -0.4 is 10.1 Å². The van der Waals surface area contributed by atoms with Gasteiger partial charge in [0.2, 0.25) is 0 Å². The van der Waals surface area contributed by atoms with Gasteiger partial charge in [-0.15, -0.1) is 0 Å². The molecule has 1 N–H and O–H groups in total. The van der Waals surface area contributed by atoms with Crippen LogP contribution in [0.1, 0.15) is 57.4 Å². The van der Waals surface area contributed by atoms with Crippen molar-refractivity contribution >= 4 is 6.09 Å². The first kappa shape index (κ1) is 18.8. The molecule has 1 aliphatic heterocycles. The van der Waals surface area contributed by atoms with Crippen molar-refractivity contribution in [2.24, 2.45) is 0 Å². The Bertz CT molecular complexity index is 484. The number of unbranched alkanes of at least 4 members (excludes halogenated alkanes) is 3. The molecule has 0 aromatic heterocycles. The van der Waals surface area contributed by atoms with Crippen molar-refractivity contribution in [3.05, 3.63) is 29.8 Å². The van der Waals surface area contributed by atoms with E-state index in [1.807, 2.05) is 18.2 Å². The lowest BCUT2D eigenvalue weighted by molar-refractivity contribution is 0.199. The van der Waals surface area contributed by atoms with E-state index in [2.05, 4.69) is 23.2 Å². The molecule has 0 bridgehead atoms. The lowest BCUT2D eigenvalue weighted by Gasteiger charge is -2.26. The molecule has 1 fully saturated rings. The molecule has 2 rings (SSSR count). The molecule has 1 amide bonds. The third-order valence-electron chi connectivity index (χ3n) is 4.62. The first-order valence-electron chi connectivity index (χ1n) is 9.55. The van der Waals surface area contributed by atoms with Crippen molar-refractivity contribution in [1.29, 1.82) is 0 Å². The predicted octanol–water partition coefficient (Wildman–Crippen LogP) is 4.38. The van der Waals surface area contributed by atoms with Crippen LogP contribution in [0.4, 0.5) is 4.79 Å². The number of hydrogen-bond donors (Lipinski definition) is 1. The fourth-order valence-corrected chi connectivity index (χ4v) is 3.15. The van der Waals surface area contributed by atoms with Gasteiger partial charge in [0.1, 0.15) is 5.75 Å². The molecule has 0 atom stereocenters. The highest BCUT2D eigenvalue weighted by atomic mass is 16.6. The van der Waals surface area contributed by atoms with Crippen LogP contribution in [-0.4, -0.2) is 37.2 Å². The number of nitrogens with one attached hydrogen (secondary N) is 1. The summed E-state index contributed by atoms with van der Waals surface area (Å²) in [6, 6.07) is 7.89. The van der Waals surface area contributed by atoms with Crippen LogP contribution >= 0.6 is 0 Å². The number of carbonyl (C=O) groups is 1. The maximum absolute atomic E-state index is 12.0. The normalized spacial score (nSPS) is 15.2. The molecule has 0 radical (unpaired) electrons. The number of benzene rings is 1. The van der Waals surface area contributed by atoms with Crippen molar-refractivity contribution in [2.75, 3.05) is 26.2 Å². The number of nitrogens with zero attached hydrogens (tertiary/aromatic N) is 1. The van der Waals surface area contributed by atoms with Crippen LogP contribution in [0.3, 0.4) is 0 Å². The largest absolute Gasteiger partial charge is 0.412 e. The molecule has 4 nitrogen and oxygen atoms in total. The zero-order valence-electron chi connectivity index (χ0n) is 15.1. The molecule has 1 saturated heterocycles. The van der Waals surface area contributed by atoms with Crippen LogP contribution in [0.5, 0.6) is 5.75 Å². The minimum absolute atomic E-state index is 0.336. The Labute approximate surface area is 146 Å². The van der Waals surface area contributed by atoms with E-state index in [-0.39, 0.29) is 6.09 Å². The van der Waals surface area contributed by atoms with E-state index in [1.54, 1.807) is 0 Å². The summed E-state index contributed by atoms with van der Waals surface area (Å²) in [5, 5.41) is 2.85. The molecule has 4 heteroatoms. The van der Waals surface area contributed by atoms with Gasteiger partial charge in [-0.25, -0.2) is 4.79 Å². The number of carbonyl (C=O) groups excluding carboxylic acids is 1. The molecule has 0 aliphatic carbocycles. The van der Waals surface area contributed by atoms with Gasteiger partial charge in [-0.3, -0.25) is 0 Å². The van der Waals surface area contributed by atoms with Gasteiger partial charge in [0, 0.05) is 13.1 Å². The number of likely N-dealkylation sites (tertiary alicyclic amines) is 1. The molecule has 24 heavy (non-hydrogen) atoms. The molecule has 0 spiro atoms. The number of ether oxygens (including phenoxy) is 1. The van der Waals surface area contributed by atoms with Gasteiger partial charge in [0.05, 0.1) is 0 Å². The fourth-order valence-electron chi connectivity index (χ4n) is 3.15. The van der Waals surface area contributed by atoms with E-state index in [1.165, 1.54) is 45.2 Å². The quantitative estimate of drug-likeness (QED) is 0.682. The fraction of sp³-hybridized carbons (Fsp3) is 0.650. The summed E-state index contributed by atoms with van der Waals surface area (Å²) in [5.41, 5.74) is 1.12. The summed E-state index contributed by atoms with van der Waals surface area (Å²) in [7, 11) is 0. The summed E-state index contributed by atoms with van der Waals surface area (Å²) in [5.74, 6) is 0.695. The standard InChI is InChI=1S/C20H32N2O2/c1-2-3-4-8-14-21-20(23)24-19-12-7-6-11-18(19)13-17-22-15-9-5-10-16-22/h6-7,11-12H,2-5,8-10,13-17H2,1H3,(H,21,23). The maximum Gasteiger partial charge on any atom is 0.412 e. The topological polar surface area (TPSA) is 41.6 Å². The Morgan fingerprint density at radius 1 is 1.12 bits per heavy atom. The Balaban J connectivity index is 1.76. The number of rotatable bonds is 9. The third kappa shape index (κ3) is 6.91. The molecule has 134 valence electrons. The zero-order valence-corrected chi connectivity index (χ0v) is 15.1. The average molecular weight is 332 g/mol. The number of piperidine rings is 1. The second-order valence-corrected chi connectivity index (χ2v) is 6.64. The zero-order chi connectivity index (χ0) is 17.0. The highest BCUT2D eigenvalue weighted by molar-refractivity contribution is 5.70. The average Bonchev–Trinajstić information content (AvgIpc) is 2.62. The maximum atomic E-state index is 12.0. The van der Waals surface area contributed by atoms with E-state index in [9.17, 15) is 4.79 Å². The summed E-state index contributed by atoms with van der Waals surface area (Å²) in [6.45, 7) is 6.30. The Morgan fingerprint density at radius 2 is 1.92 bits per heavy atom. The first-order chi connectivity index (χ1) is 11.8. The van der Waals surface area contributed by atoms with Crippen molar-refractivity contribution in [1.82, 2.24) is 10.2 Å². The lowest BCUT2D eigenvalue weighted by Crippen LogP contribution is -2.32. The van der Waals surface area contributed by atoms with Crippen LogP contribution in [0.25, 0.3) is 0 Å². The predicted molar refractivity (Wildman–Crippen MR) is 98.6 cm³/mol. The first-order valence-corrected chi connectivity index (χ1v) is 9.55. The van der Waals surface area contributed by atoms with E-state index >= 15 is 0 Å². The molecule has 0 unspecified atom stereocenters. The Hall–Kier alpha value is -1.55. The van der Waals surface area contributed by atoms with Crippen LogP contribution in [-0.2, 0) is 6.42 Å². The molecular weight excluding hydrogens is 300 g/mol. The number of hydrogen-bond acceptors (Lipinski definition) is 3. The van der Waals surface area contributed by atoms with Gasteiger partial charge in [0.25, 0.3) is 0 Å². The van der Waals surface area contributed by atoms with Gasteiger partial charge in [0.15, 0.2) is 0 Å². The molecule has 0 saturated carbocycles. The summed E-state index contributed by atoms with van der Waals surface area (Å²) in [4.78, 5) is 14.5. The Kier molecular flexibility index (Phi) is 8.67. The minimum Gasteiger partial charge on any atom is -0.410 e. The van der Waals surface area contributed by atoms with Crippen molar-refractivity contribution in [3.8, 4) is 5.75 Å². The smallest absolute Gasteiger partial charge is 0.410 e.